The summed E-state index contributed by atoms with van der Waals surface area (Å²) in [6.45, 7) is 12.3. The largest absolute Gasteiger partial charge is 0.377 e. The molecule has 0 aliphatic heterocycles. The molecule has 0 saturated heterocycles. The van der Waals surface area contributed by atoms with Crippen LogP contribution in [-0.2, 0) is 16.6 Å². The summed E-state index contributed by atoms with van der Waals surface area (Å²) in [7, 11) is 0. The molecule has 0 bridgehead atoms. The third-order valence-corrected chi connectivity index (χ3v) is 3.36. The molecular weight excluding hydrogens is 276 g/mol. The molecule has 0 aliphatic carbocycles. The van der Waals surface area contributed by atoms with Gasteiger partial charge in [-0.3, -0.25) is 0 Å². The Morgan fingerprint density at radius 3 is 2.23 bits per heavy atom. The van der Waals surface area contributed by atoms with Gasteiger partial charge in [-0.15, -0.1) is 0 Å². The van der Waals surface area contributed by atoms with Crippen molar-refractivity contribution >= 4 is 6.03 Å². The van der Waals surface area contributed by atoms with E-state index in [1.54, 1.807) is 0 Å². The molecular formula is C18H30N2O2. The highest BCUT2D eigenvalue weighted by atomic mass is 16.5. The first-order valence-electron chi connectivity index (χ1n) is 8.02. The van der Waals surface area contributed by atoms with Crippen LogP contribution in [0.4, 0.5) is 4.79 Å². The molecule has 2 N–H and O–H groups in total. The van der Waals surface area contributed by atoms with Crippen LogP contribution < -0.4 is 10.6 Å². The number of carbonyl (C=O) groups is 1. The lowest BCUT2D eigenvalue weighted by molar-refractivity contribution is 0.0818. The molecule has 0 saturated carbocycles. The van der Waals surface area contributed by atoms with Gasteiger partial charge in [0.15, 0.2) is 0 Å². The van der Waals surface area contributed by atoms with E-state index in [0.717, 1.165) is 6.42 Å². The normalized spacial score (nSPS) is 11.5. The number of urea groups is 1. The van der Waals surface area contributed by atoms with Crippen molar-refractivity contribution < 1.29 is 9.53 Å². The molecule has 0 fully saturated rings. The fraction of sp³-hybridized carbons (Fsp3) is 0.611. The SMILES string of the molecule is CC(C)OCCNC(=O)NCCc1ccc(C(C)(C)C)cc1. The zero-order chi connectivity index (χ0) is 16.6. The topological polar surface area (TPSA) is 50.4 Å². The van der Waals surface area contributed by atoms with E-state index >= 15 is 0 Å². The van der Waals surface area contributed by atoms with E-state index in [1.165, 1.54) is 11.1 Å². The van der Waals surface area contributed by atoms with Crippen molar-refractivity contribution in [3.8, 4) is 0 Å². The summed E-state index contributed by atoms with van der Waals surface area (Å²) in [5.74, 6) is 0. The van der Waals surface area contributed by atoms with E-state index in [1.807, 2.05) is 13.8 Å². The summed E-state index contributed by atoms with van der Waals surface area (Å²) in [6.07, 6.45) is 1.03. The van der Waals surface area contributed by atoms with Crippen molar-refractivity contribution in [2.24, 2.45) is 0 Å². The third-order valence-electron chi connectivity index (χ3n) is 3.36. The van der Waals surface area contributed by atoms with Crippen LogP contribution in [0, 0.1) is 0 Å². The summed E-state index contributed by atoms with van der Waals surface area (Å²) in [5.41, 5.74) is 2.73. The van der Waals surface area contributed by atoms with Crippen molar-refractivity contribution in [3.05, 3.63) is 35.4 Å². The van der Waals surface area contributed by atoms with Crippen LogP contribution in [-0.4, -0.2) is 31.8 Å². The number of benzene rings is 1. The Bertz CT molecular complexity index is 447. The Morgan fingerprint density at radius 1 is 1.09 bits per heavy atom. The predicted molar refractivity (Wildman–Crippen MR) is 91.3 cm³/mol. The number of hydrogen-bond donors (Lipinski definition) is 2. The summed E-state index contributed by atoms with van der Waals surface area (Å²) >= 11 is 0. The zero-order valence-corrected chi connectivity index (χ0v) is 14.5. The van der Waals surface area contributed by atoms with Crippen molar-refractivity contribution in [1.29, 1.82) is 0 Å². The number of amides is 2. The molecule has 1 aromatic rings. The van der Waals surface area contributed by atoms with Gasteiger partial charge in [-0.25, -0.2) is 4.79 Å². The minimum absolute atomic E-state index is 0.140. The summed E-state index contributed by atoms with van der Waals surface area (Å²) < 4.78 is 5.36. The maximum atomic E-state index is 11.6. The van der Waals surface area contributed by atoms with Crippen LogP contribution in [0.15, 0.2) is 24.3 Å². The second-order valence-corrected chi connectivity index (χ2v) is 6.80. The molecule has 0 atom stereocenters. The zero-order valence-electron chi connectivity index (χ0n) is 14.5. The second-order valence-electron chi connectivity index (χ2n) is 6.80. The number of hydrogen-bond acceptors (Lipinski definition) is 2. The standard InChI is InChI=1S/C18H30N2O2/c1-14(2)22-13-12-20-17(21)19-11-10-15-6-8-16(9-7-15)18(3,4)5/h6-9,14H,10-13H2,1-5H3,(H2,19,20,21). The van der Waals surface area contributed by atoms with Gasteiger partial charge in [0.25, 0.3) is 0 Å². The van der Waals surface area contributed by atoms with E-state index in [9.17, 15) is 4.79 Å². The molecule has 0 aromatic heterocycles. The molecule has 1 rings (SSSR count). The molecule has 4 heteroatoms. The van der Waals surface area contributed by atoms with Crippen LogP contribution in [0.5, 0.6) is 0 Å². The molecule has 0 radical (unpaired) electrons. The average molecular weight is 306 g/mol. The van der Waals surface area contributed by atoms with E-state index in [2.05, 4.69) is 55.7 Å². The van der Waals surface area contributed by atoms with Gasteiger partial charge in [-0.05, 0) is 36.8 Å². The number of carbonyl (C=O) groups excluding carboxylic acids is 1. The van der Waals surface area contributed by atoms with Crippen LogP contribution in [0.25, 0.3) is 0 Å². The Kier molecular flexibility index (Phi) is 7.39. The summed E-state index contributed by atoms with van der Waals surface area (Å²) in [5, 5.41) is 5.64. The fourth-order valence-corrected chi connectivity index (χ4v) is 2.01. The summed E-state index contributed by atoms with van der Waals surface area (Å²) in [4.78, 5) is 11.6. The van der Waals surface area contributed by atoms with Crippen LogP contribution in [0.2, 0.25) is 0 Å². The first kappa shape index (κ1) is 18.5. The van der Waals surface area contributed by atoms with Gasteiger partial charge in [-0.2, -0.15) is 0 Å². The van der Waals surface area contributed by atoms with E-state index in [0.29, 0.717) is 19.7 Å². The van der Waals surface area contributed by atoms with Gasteiger partial charge >= 0.3 is 6.03 Å². The quantitative estimate of drug-likeness (QED) is 0.760. The molecule has 0 aliphatic rings. The first-order valence-corrected chi connectivity index (χ1v) is 8.02. The lowest BCUT2D eigenvalue weighted by Crippen LogP contribution is -2.38. The molecule has 0 spiro atoms. The van der Waals surface area contributed by atoms with Gasteiger partial charge in [0.2, 0.25) is 0 Å². The molecule has 2 amide bonds. The molecule has 0 unspecified atom stereocenters. The minimum atomic E-state index is -0.140. The molecule has 4 nitrogen and oxygen atoms in total. The molecule has 1 aromatic carbocycles. The number of rotatable bonds is 7. The maximum Gasteiger partial charge on any atom is 0.314 e. The Morgan fingerprint density at radius 2 is 1.68 bits per heavy atom. The monoisotopic (exact) mass is 306 g/mol. The fourth-order valence-electron chi connectivity index (χ4n) is 2.01. The Labute approximate surface area is 134 Å². The van der Waals surface area contributed by atoms with E-state index < -0.39 is 0 Å². The molecule has 124 valence electrons. The highest BCUT2D eigenvalue weighted by Crippen LogP contribution is 2.22. The van der Waals surface area contributed by atoms with Gasteiger partial charge in [0.1, 0.15) is 0 Å². The van der Waals surface area contributed by atoms with Gasteiger partial charge < -0.3 is 15.4 Å². The number of ether oxygens (including phenoxy) is 1. The first-order chi connectivity index (χ1) is 10.3. The maximum absolute atomic E-state index is 11.6. The van der Waals surface area contributed by atoms with Crippen molar-refractivity contribution in [1.82, 2.24) is 10.6 Å². The van der Waals surface area contributed by atoms with Gasteiger partial charge in [0.05, 0.1) is 12.7 Å². The van der Waals surface area contributed by atoms with Crippen molar-refractivity contribution in [2.45, 2.75) is 52.6 Å². The summed E-state index contributed by atoms with van der Waals surface area (Å²) in [6, 6.07) is 8.46. The van der Waals surface area contributed by atoms with Crippen molar-refractivity contribution in [2.75, 3.05) is 19.7 Å². The lowest BCUT2D eigenvalue weighted by atomic mass is 9.86. The predicted octanol–water partition coefficient (Wildman–Crippen LogP) is 3.25. The van der Waals surface area contributed by atoms with Gasteiger partial charge in [-0.1, -0.05) is 45.0 Å². The van der Waals surface area contributed by atoms with Crippen molar-refractivity contribution in [3.63, 3.8) is 0 Å². The minimum Gasteiger partial charge on any atom is -0.377 e. The highest BCUT2D eigenvalue weighted by molar-refractivity contribution is 5.73. The molecule has 0 heterocycles. The average Bonchev–Trinajstić information content (AvgIpc) is 2.43. The second kappa shape index (κ2) is 8.79. The third kappa shape index (κ3) is 7.46. The Hall–Kier alpha value is -1.55. The van der Waals surface area contributed by atoms with Crippen LogP contribution in [0.1, 0.15) is 45.7 Å². The highest BCUT2D eigenvalue weighted by Gasteiger charge is 2.12. The number of nitrogens with one attached hydrogen (secondary N) is 2. The smallest absolute Gasteiger partial charge is 0.314 e. The van der Waals surface area contributed by atoms with Crippen LogP contribution in [0.3, 0.4) is 0 Å². The molecule has 22 heavy (non-hydrogen) atoms. The van der Waals surface area contributed by atoms with Gasteiger partial charge in [0, 0.05) is 13.1 Å². The lowest BCUT2D eigenvalue weighted by Gasteiger charge is -2.19. The van der Waals surface area contributed by atoms with E-state index in [4.69, 9.17) is 4.74 Å². The Balaban J connectivity index is 2.22. The van der Waals surface area contributed by atoms with Crippen LogP contribution >= 0.6 is 0 Å². The van der Waals surface area contributed by atoms with E-state index in [-0.39, 0.29) is 17.6 Å².